The van der Waals surface area contributed by atoms with E-state index in [9.17, 15) is 14.7 Å². The van der Waals surface area contributed by atoms with Gasteiger partial charge in [0.05, 0.1) is 11.6 Å². The predicted molar refractivity (Wildman–Crippen MR) is 119 cm³/mol. The number of benzene rings is 2. The fraction of sp³-hybridized carbons (Fsp3) is 0.333. The van der Waals surface area contributed by atoms with Crippen LogP contribution in [0.5, 0.6) is 0 Å². The zero-order valence-corrected chi connectivity index (χ0v) is 18.3. The third-order valence-electron chi connectivity index (χ3n) is 5.37. The number of Topliss-reactive ketones (excluding diaryl/α,β-unsaturated/α-hetero) is 1. The van der Waals surface area contributed by atoms with Crippen LogP contribution in [-0.4, -0.2) is 53.8 Å². The first-order chi connectivity index (χ1) is 14.3. The first-order valence-corrected chi connectivity index (χ1v) is 10.5. The molecule has 0 spiro atoms. The van der Waals surface area contributed by atoms with Crippen molar-refractivity contribution in [1.82, 2.24) is 9.80 Å². The van der Waals surface area contributed by atoms with Crippen LogP contribution in [0.3, 0.4) is 0 Å². The number of aliphatic hydroxyl groups excluding tert-OH is 1. The molecule has 1 aliphatic rings. The van der Waals surface area contributed by atoms with Gasteiger partial charge in [0.15, 0.2) is 0 Å². The highest BCUT2D eigenvalue weighted by Crippen LogP contribution is 2.39. The maximum atomic E-state index is 13.0. The standard InChI is InChI=1S/C24H27ClN2O3/c1-4-16-6-8-17(9-7-16)21-20(22(28)18-10-12-19(25)13-11-18)23(29)24(30)27(21)15-5-14-26(2)3/h6-13,21,28H,4-5,14-15H2,1-3H3/b22-20-. The Labute approximate surface area is 182 Å². The number of rotatable bonds is 7. The third kappa shape index (κ3) is 4.58. The van der Waals surface area contributed by atoms with Gasteiger partial charge in [-0.2, -0.15) is 0 Å². The number of aryl methyl sites for hydroxylation is 1. The fourth-order valence-electron chi connectivity index (χ4n) is 3.71. The summed E-state index contributed by atoms with van der Waals surface area (Å²) >= 11 is 5.96. The third-order valence-corrected chi connectivity index (χ3v) is 5.62. The summed E-state index contributed by atoms with van der Waals surface area (Å²) in [6.07, 6.45) is 1.62. The number of hydrogen-bond acceptors (Lipinski definition) is 4. The van der Waals surface area contributed by atoms with Gasteiger partial charge in [0.25, 0.3) is 11.7 Å². The molecule has 0 aliphatic carbocycles. The van der Waals surface area contributed by atoms with Crippen molar-refractivity contribution in [2.45, 2.75) is 25.8 Å². The molecule has 0 aromatic heterocycles. The van der Waals surface area contributed by atoms with Gasteiger partial charge in [-0.15, -0.1) is 0 Å². The number of halogens is 1. The van der Waals surface area contributed by atoms with Crippen molar-refractivity contribution in [3.63, 3.8) is 0 Å². The lowest BCUT2D eigenvalue weighted by atomic mass is 9.94. The Morgan fingerprint density at radius 2 is 1.70 bits per heavy atom. The van der Waals surface area contributed by atoms with Crippen molar-refractivity contribution in [2.24, 2.45) is 0 Å². The van der Waals surface area contributed by atoms with Gasteiger partial charge in [0.2, 0.25) is 0 Å². The molecule has 0 radical (unpaired) electrons. The lowest BCUT2D eigenvalue weighted by Crippen LogP contribution is -2.32. The van der Waals surface area contributed by atoms with E-state index < -0.39 is 17.7 Å². The van der Waals surface area contributed by atoms with E-state index in [2.05, 4.69) is 6.92 Å². The van der Waals surface area contributed by atoms with Crippen LogP contribution in [0.15, 0.2) is 54.1 Å². The minimum absolute atomic E-state index is 0.122. The van der Waals surface area contributed by atoms with Crippen LogP contribution in [0.4, 0.5) is 0 Å². The lowest BCUT2D eigenvalue weighted by Gasteiger charge is -2.26. The Morgan fingerprint density at radius 1 is 1.07 bits per heavy atom. The number of nitrogens with zero attached hydrogens (tertiary/aromatic N) is 2. The zero-order valence-electron chi connectivity index (χ0n) is 17.6. The summed E-state index contributed by atoms with van der Waals surface area (Å²) in [5.74, 6) is -1.41. The maximum absolute atomic E-state index is 13.0. The molecule has 3 rings (SSSR count). The second-order valence-corrected chi connectivity index (χ2v) is 8.19. The number of carbonyl (C=O) groups is 2. The molecule has 0 bridgehead atoms. The SMILES string of the molecule is CCc1ccc(C2/C(=C(/O)c3ccc(Cl)cc3)C(=O)C(=O)N2CCCN(C)C)cc1. The highest BCUT2D eigenvalue weighted by Gasteiger charge is 2.45. The van der Waals surface area contributed by atoms with Gasteiger partial charge >= 0.3 is 0 Å². The van der Waals surface area contributed by atoms with Gasteiger partial charge in [-0.3, -0.25) is 9.59 Å². The number of ketones is 1. The van der Waals surface area contributed by atoms with Crippen LogP contribution in [-0.2, 0) is 16.0 Å². The van der Waals surface area contributed by atoms with E-state index in [1.165, 1.54) is 5.56 Å². The molecule has 1 amide bonds. The molecule has 1 fully saturated rings. The molecular formula is C24H27ClN2O3. The summed E-state index contributed by atoms with van der Waals surface area (Å²) < 4.78 is 0. The molecule has 1 heterocycles. The number of hydrogen-bond donors (Lipinski definition) is 1. The van der Waals surface area contributed by atoms with Crippen molar-refractivity contribution < 1.29 is 14.7 Å². The monoisotopic (exact) mass is 426 g/mol. The van der Waals surface area contributed by atoms with E-state index in [0.29, 0.717) is 17.1 Å². The van der Waals surface area contributed by atoms with E-state index in [4.69, 9.17) is 11.6 Å². The van der Waals surface area contributed by atoms with Gasteiger partial charge in [-0.05, 0) is 68.9 Å². The highest BCUT2D eigenvalue weighted by atomic mass is 35.5. The van der Waals surface area contributed by atoms with E-state index in [1.807, 2.05) is 43.3 Å². The van der Waals surface area contributed by atoms with Gasteiger partial charge in [0.1, 0.15) is 5.76 Å². The summed E-state index contributed by atoms with van der Waals surface area (Å²) in [6.45, 7) is 3.30. The molecule has 1 atom stereocenters. The van der Waals surface area contributed by atoms with Crippen molar-refractivity contribution >= 4 is 29.1 Å². The maximum Gasteiger partial charge on any atom is 0.295 e. The van der Waals surface area contributed by atoms with Crippen LogP contribution in [0.1, 0.15) is 36.1 Å². The molecule has 158 valence electrons. The first kappa shape index (κ1) is 22.1. The van der Waals surface area contributed by atoms with Crippen LogP contribution in [0.25, 0.3) is 5.76 Å². The molecule has 1 aliphatic heterocycles. The smallest absolute Gasteiger partial charge is 0.295 e. The molecule has 6 heteroatoms. The molecular weight excluding hydrogens is 400 g/mol. The molecule has 1 unspecified atom stereocenters. The topological polar surface area (TPSA) is 60.9 Å². The van der Waals surface area contributed by atoms with E-state index in [1.54, 1.807) is 29.2 Å². The number of likely N-dealkylation sites (tertiary alicyclic amines) is 1. The number of carbonyl (C=O) groups excluding carboxylic acids is 2. The molecule has 2 aromatic rings. The minimum atomic E-state index is -0.656. The molecule has 1 saturated heterocycles. The fourth-order valence-corrected chi connectivity index (χ4v) is 3.84. The highest BCUT2D eigenvalue weighted by molar-refractivity contribution is 6.46. The first-order valence-electron chi connectivity index (χ1n) is 10.1. The zero-order chi connectivity index (χ0) is 21.8. The van der Waals surface area contributed by atoms with Crippen molar-refractivity contribution in [1.29, 1.82) is 0 Å². The average molecular weight is 427 g/mol. The van der Waals surface area contributed by atoms with E-state index in [-0.39, 0.29) is 11.3 Å². The van der Waals surface area contributed by atoms with Crippen molar-refractivity contribution in [2.75, 3.05) is 27.2 Å². The summed E-state index contributed by atoms with van der Waals surface area (Å²) in [6, 6.07) is 13.8. The molecule has 30 heavy (non-hydrogen) atoms. The molecule has 2 aromatic carbocycles. The second kappa shape index (κ2) is 9.45. The molecule has 5 nitrogen and oxygen atoms in total. The largest absolute Gasteiger partial charge is 0.507 e. The molecule has 1 N–H and O–H groups in total. The van der Waals surface area contributed by atoms with Crippen molar-refractivity contribution in [3.05, 3.63) is 75.8 Å². The quantitative estimate of drug-likeness (QED) is 0.408. The summed E-state index contributed by atoms with van der Waals surface area (Å²) in [5, 5.41) is 11.5. The van der Waals surface area contributed by atoms with Crippen LogP contribution in [0.2, 0.25) is 5.02 Å². The van der Waals surface area contributed by atoms with Crippen LogP contribution in [0, 0.1) is 0 Å². The Hall–Kier alpha value is -2.63. The molecule has 0 saturated carbocycles. The van der Waals surface area contributed by atoms with Gasteiger partial charge in [-0.1, -0.05) is 42.8 Å². The number of aliphatic hydroxyl groups is 1. The van der Waals surface area contributed by atoms with Crippen molar-refractivity contribution in [3.8, 4) is 0 Å². The van der Waals surface area contributed by atoms with Gasteiger partial charge in [-0.25, -0.2) is 0 Å². The normalized spacial score (nSPS) is 18.4. The van der Waals surface area contributed by atoms with Gasteiger partial charge in [0, 0.05) is 17.1 Å². The Bertz CT molecular complexity index is 949. The summed E-state index contributed by atoms with van der Waals surface area (Å²) in [7, 11) is 3.94. The Morgan fingerprint density at radius 3 is 2.27 bits per heavy atom. The minimum Gasteiger partial charge on any atom is -0.507 e. The Balaban J connectivity index is 2.07. The Kier molecular flexibility index (Phi) is 6.95. The van der Waals surface area contributed by atoms with E-state index >= 15 is 0 Å². The predicted octanol–water partition coefficient (Wildman–Crippen LogP) is 4.28. The van der Waals surface area contributed by atoms with E-state index in [0.717, 1.165) is 24.9 Å². The van der Waals surface area contributed by atoms with Gasteiger partial charge < -0.3 is 14.9 Å². The van der Waals surface area contributed by atoms with Crippen LogP contribution >= 0.6 is 11.6 Å². The number of amides is 1. The average Bonchev–Trinajstić information content (AvgIpc) is 2.98. The summed E-state index contributed by atoms with van der Waals surface area (Å²) in [5.41, 5.74) is 2.56. The lowest BCUT2D eigenvalue weighted by molar-refractivity contribution is -0.139. The van der Waals surface area contributed by atoms with Crippen LogP contribution < -0.4 is 0 Å². The second-order valence-electron chi connectivity index (χ2n) is 7.75. The summed E-state index contributed by atoms with van der Waals surface area (Å²) in [4.78, 5) is 29.5.